The molecule has 0 amide bonds. The number of rotatable bonds is 7. The van der Waals surface area contributed by atoms with Crippen molar-refractivity contribution in [2.45, 2.75) is 58.3 Å². The van der Waals surface area contributed by atoms with E-state index in [1.807, 2.05) is 13.0 Å². The molecule has 0 bridgehead atoms. The third-order valence-electron chi connectivity index (χ3n) is 5.93. The fourth-order valence-electron chi connectivity index (χ4n) is 4.29. The summed E-state index contributed by atoms with van der Waals surface area (Å²) in [6.07, 6.45) is 11.1. The van der Waals surface area contributed by atoms with Gasteiger partial charge in [-0.25, -0.2) is 8.78 Å². The Morgan fingerprint density at radius 3 is 2.34 bits per heavy atom. The monoisotopic (exact) mass is 402 g/mol. The summed E-state index contributed by atoms with van der Waals surface area (Å²) in [7, 11) is 0. The molecule has 1 aliphatic carbocycles. The summed E-state index contributed by atoms with van der Waals surface area (Å²) in [5, 5.41) is 0. The van der Waals surface area contributed by atoms with Crippen molar-refractivity contribution in [3.63, 3.8) is 0 Å². The van der Waals surface area contributed by atoms with Crippen LogP contribution in [-0.2, 0) is 0 Å². The molecule has 156 valence electrons. The smallest absolute Gasteiger partial charge is 0.201 e. The first kappa shape index (κ1) is 21.5. The highest BCUT2D eigenvalue weighted by molar-refractivity contribution is 5.66. The Bertz CT molecular complexity index is 851. The van der Waals surface area contributed by atoms with Crippen molar-refractivity contribution in [2.75, 3.05) is 6.61 Å². The van der Waals surface area contributed by atoms with Gasteiger partial charge in [-0.15, -0.1) is 0 Å². The zero-order chi connectivity index (χ0) is 20.8. The average Bonchev–Trinajstić information content (AvgIpc) is 2.73. The molecule has 1 aliphatic rings. The molecule has 0 N–H and O–H groups in total. The van der Waals surface area contributed by atoms with E-state index in [0.29, 0.717) is 5.92 Å². The van der Waals surface area contributed by atoms with Gasteiger partial charge >= 0.3 is 0 Å². The van der Waals surface area contributed by atoms with E-state index >= 15 is 0 Å². The minimum atomic E-state index is -1.08. The zero-order valence-electron chi connectivity index (χ0n) is 17.2. The molecule has 29 heavy (non-hydrogen) atoms. The van der Waals surface area contributed by atoms with Gasteiger partial charge in [-0.05, 0) is 88.0 Å². The predicted octanol–water partition coefficient (Wildman–Crippen LogP) is 7.80. The van der Waals surface area contributed by atoms with Crippen LogP contribution in [0.25, 0.3) is 11.1 Å². The van der Waals surface area contributed by atoms with Gasteiger partial charge in [-0.2, -0.15) is 4.39 Å². The Kier molecular flexibility index (Phi) is 7.40. The topological polar surface area (TPSA) is 9.23 Å². The van der Waals surface area contributed by atoms with Crippen LogP contribution >= 0.6 is 0 Å². The van der Waals surface area contributed by atoms with Crippen LogP contribution in [0.15, 0.2) is 42.5 Å². The first-order valence-electron chi connectivity index (χ1n) is 10.6. The van der Waals surface area contributed by atoms with Crippen LogP contribution in [0.3, 0.4) is 0 Å². The third kappa shape index (κ3) is 5.04. The van der Waals surface area contributed by atoms with Crippen molar-refractivity contribution < 1.29 is 17.9 Å². The first-order valence-corrected chi connectivity index (χ1v) is 10.6. The van der Waals surface area contributed by atoms with Gasteiger partial charge in [0.05, 0.1) is 6.61 Å². The molecule has 0 aromatic heterocycles. The van der Waals surface area contributed by atoms with Crippen molar-refractivity contribution in [1.82, 2.24) is 0 Å². The molecule has 2 aromatic rings. The minimum absolute atomic E-state index is 0.0771. The third-order valence-corrected chi connectivity index (χ3v) is 5.93. The van der Waals surface area contributed by atoms with Gasteiger partial charge in [0.25, 0.3) is 0 Å². The van der Waals surface area contributed by atoms with Gasteiger partial charge < -0.3 is 4.74 Å². The Balaban J connectivity index is 1.72. The maximum Gasteiger partial charge on any atom is 0.201 e. The van der Waals surface area contributed by atoms with Crippen LogP contribution < -0.4 is 4.74 Å². The summed E-state index contributed by atoms with van der Waals surface area (Å²) >= 11 is 0. The van der Waals surface area contributed by atoms with Crippen LogP contribution in [0.5, 0.6) is 5.75 Å². The van der Waals surface area contributed by atoms with E-state index in [1.165, 1.54) is 24.6 Å². The second kappa shape index (κ2) is 10.00. The largest absolute Gasteiger partial charge is 0.491 e. The van der Waals surface area contributed by atoms with Gasteiger partial charge in [0, 0.05) is 11.1 Å². The van der Waals surface area contributed by atoms with E-state index in [-0.39, 0.29) is 23.5 Å². The highest BCUT2D eigenvalue weighted by Crippen LogP contribution is 2.39. The van der Waals surface area contributed by atoms with Crippen LogP contribution in [0.4, 0.5) is 13.2 Å². The molecule has 1 nitrogen and oxygen atoms in total. The molecular weight excluding hydrogens is 373 g/mol. The van der Waals surface area contributed by atoms with E-state index in [9.17, 15) is 13.2 Å². The summed E-state index contributed by atoms with van der Waals surface area (Å²) in [6, 6.07) is 7.64. The van der Waals surface area contributed by atoms with E-state index in [1.54, 1.807) is 13.0 Å². The molecular formula is C25H29F3O. The molecule has 2 aromatic carbocycles. The number of halogens is 3. The molecule has 0 radical (unpaired) electrons. The lowest BCUT2D eigenvalue weighted by molar-refractivity contribution is 0.311. The molecule has 0 unspecified atom stereocenters. The minimum Gasteiger partial charge on any atom is -0.491 e. The van der Waals surface area contributed by atoms with Crippen LogP contribution in [-0.4, -0.2) is 6.61 Å². The summed E-state index contributed by atoms with van der Waals surface area (Å²) in [5.74, 6) is -1.75. The summed E-state index contributed by atoms with van der Waals surface area (Å²) in [5.41, 5.74) is 0.945. The standard InChI is InChI=1S/C25H29F3O/c1-3-5-6-7-17-8-10-18(11-9-17)19-12-13-20(22(26)16-19)21-14-15-23(29-4-2)25(28)24(21)27/h3,5,12-18H,4,6-11H2,1-2H3. The Morgan fingerprint density at radius 1 is 0.966 bits per heavy atom. The van der Waals surface area contributed by atoms with E-state index in [0.717, 1.165) is 43.6 Å². The number of benzene rings is 2. The highest BCUT2D eigenvalue weighted by Gasteiger charge is 2.24. The van der Waals surface area contributed by atoms with E-state index in [4.69, 9.17) is 4.74 Å². The van der Waals surface area contributed by atoms with Gasteiger partial charge in [-0.1, -0.05) is 24.3 Å². The lowest BCUT2D eigenvalue weighted by Gasteiger charge is -2.28. The van der Waals surface area contributed by atoms with E-state index in [2.05, 4.69) is 12.2 Å². The fourth-order valence-corrected chi connectivity index (χ4v) is 4.29. The molecule has 4 heteroatoms. The number of hydrogen-bond donors (Lipinski definition) is 0. The zero-order valence-corrected chi connectivity index (χ0v) is 17.2. The lowest BCUT2D eigenvalue weighted by Crippen LogP contribution is -2.13. The molecule has 1 fully saturated rings. The van der Waals surface area contributed by atoms with Crippen molar-refractivity contribution in [2.24, 2.45) is 5.92 Å². The number of hydrogen-bond acceptors (Lipinski definition) is 1. The summed E-state index contributed by atoms with van der Waals surface area (Å²) in [6.45, 7) is 3.97. The van der Waals surface area contributed by atoms with Gasteiger partial charge in [0.1, 0.15) is 5.82 Å². The molecule has 0 aliphatic heterocycles. The molecule has 0 spiro atoms. The highest BCUT2D eigenvalue weighted by atomic mass is 19.2. The summed E-state index contributed by atoms with van der Waals surface area (Å²) < 4.78 is 48.5. The SMILES string of the molecule is CC=CCCC1CCC(c2ccc(-c3ccc(OCC)c(F)c3F)c(F)c2)CC1. The Morgan fingerprint density at radius 2 is 1.69 bits per heavy atom. The molecule has 0 heterocycles. The van der Waals surface area contributed by atoms with Crippen LogP contribution in [0.1, 0.15) is 63.9 Å². The van der Waals surface area contributed by atoms with Crippen molar-refractivity contribution in [3.05, 3.63) is 65.5 Å². The van der Waals surface area contributed by atoms with Gasteiger partial charge in [0.2, 0.25) is 5.82 Å². The summed E-state index contributed by atoms with van der Waals surface area (Å²) in [4.78, 5) is 0. The molecule has 1 saturated carbocycles. The Hall–Kier alpha value is -2.23. The van der Waals surface area contributed by atoms with Gasteiger partial charge in [0.15, 0.2) is 11.6 Å². The second-order valence-electron chi connectivity index (χ2n) is 7.78. The predicted molar refractivity (Wildman–Crippen MR) is 112 cm³/mol. The normalized spacial score (nSPS) is 19.6. The first-order chi connectivity index (χ1) is 14.0. The number of allylic oxidation sites excluding steroid dienone is 2. The molecule has 3 rings (SSSR count). The average molecular weight is 403 g/mol. The molecule has 0 saturated heterocycles. The van der Waals surface area contributed by atoms with Crippen molar-refractivity contribution in [3.8, 4) is 16.9 Å². The van der Waals surface area contributed by atoms with E-state index < -0.39 is 17.5 Å². The maximum absolute atomic E-state index is 14.8. The van der Waals surface area contributed by atoms with Gasteiger partial charge in [-0.3, -0.25) is 0 Å². The lowest BCUT2D eigenvalue weighted by atomic mass is 9.77. The van der Waals surface area contributed by atoms with Crippen LogP contribution in [0, 0.1) is 23.4 Å². The van der Waals surface area contributed by atoms with Crippen molar-refractivity contribution in [1.29, 1.82) is 0 Å². The van der Waals surface area contributed by atoms with Crippen molar-refractivity contribution >= 4 is 0 Å². The maximum atomic E-state index is 14.8. The Labute approximate surface area is 171 Å². The quantitative estimate of drug-likeness (QED) is 0.429. The fraction of sp³-hybridized carbons (Fsp3) is 0.440. The van der Waals surface area contributed by atoms with Crippen LogP contribution in [0.2, 0.25) is 0 Å². The second-order valence-corrected chi connectivity index (χ2v) is 7.78. The number of ether oxygens (including phenoxy) is 1. The molecule has 0 atom stereocenters.